The highest BCUT2D eigenvalue weighted by atomic mass is 35.5. The van der Waals surface area contributed by atoms with Gasteiger partial charge < -0.3 is 15.4 Å². The van der Waals surface area contributed by atoms with E-state index >= 15 is 0 Å². The maximum Gasteiger partial charge on any atom is 0.209 e. The first-order valence-electron chi connectivity index (χ1n) is 15.6. The normalized spacial score (nSPS) is 19.1. The molecule has 1 aromatic heterocycles. The van der Waals surface area contributed by atoms with E-state index in [1.165, 1.54) is 52.4 Å². The van der Waals surface area contributed by atoms with E-state index in [9.17, 15) is 4.79 Å². The second kappa shape index (κ2) is 16.8. The molecule has 1 saturated carbocycles. The van der Waals surface area contributed by atoms with Crippen LogP contribution in [0.15, 0.2) is 59.6 Å². The average molecular weight is 642 g/mol. The quantitative estimate of drug-likeness (QED) is 0.203. The standard InChI is InChI=1S/C27H32ClN3OS2.C6H12N2O/c28-23-8-6-22(7-9-23)26-18-29-27(33-26)19-30-14-16-31(17-15-30)34-25-12-10-24(11-13-25)32-20-21-4-2-1-3-5-21;7-6-1-3-8(5-9)4-2-6/h6-13,18,21H,1-5,14-17,19-20H2;5-6H,1-4,7H2. The molecular weight excluding hydrogens is 598 g/mol. The molecule has 2 saturated heterocycles. The van der Waals surface area contributed by atoms with Gasteiger partial charge in [-0.15, -0.1) is 11.3 Å². The van der Waals surface area contributed by atoms with Crippen molar-refractivity contribution in [3.8, 4) is 16.2 Å². The lowest BCUT2D eigenvalue weighted by Crippen LogP contribution is -2.42. The first-order chi connectivity index (χ1) is 21.0. The molecule has 3 heterocycles. The zero-order valence-electron chi connectivity index (χ0n) is 24.9. The lowest BCUT2D eigenvalue weighted by molar-refractivity contribution is -0.119. The number of hydrogen-bond donors (Lipinski definition) is 1. The first-order valence-corrected chi connectivity index (χ1v) is 17.5. The van der Waals surface area contributed by atoms with Crippen LogP contribution in [0.4, 0.5) is 0 Å². The lowest BCUT2D eigenvalue weighted by atomic mass is 9.90. The van der Waals surface area contributed by atoms with E-state index < -0.39 is 0 Å². The number of nitrogens with two attached hydrogens (primary N) is 1. The number of halogens is 1. The number of carbonyl (C=O) groups is 1. The van der Waals surface area contributed by atoms with Crippen molar-refractivity contribution in [2.24, 2.45) is 11.7 Å². The van der Waals surface area contributed by atoms with Crippen molar-refractivity contribution in [3.05, 3.63) is 64.8 Å². The molecule has 1 amide bonds. The van der Waals surface area contributed by atoms with Gasteiger partial charge in [-0.1, -0.05) is 43.0 Å². The maximum absolute atomic E-state index is 10.2. The van der Waals surface area contributed by atoms with Gasteiger partial charge in [-0.05, 0) is 85.5 Å². The summed E-state index contributed by atoms with van der Waals surface area (Å²) in [5.74, 6) is 1.74. The number of ether oxygens (including phenoxy) is 1. The van der Waals surface area contributed by atoms with Gasteiger partial charge in [-0.3, -0.25) is 9.69 Å². The van der Waals surface area contributed by atoms with Crippen LogP contribution in [0.25, 0.3) is 10.4 Å². The number of piperazine rings is 1. The van der Waals surface area contributed by atoms with E-state index in [1.807, 2.05) is 30.3 Å². The summed E-state index contributed by atoms with van der Waals surface area (Å²) in [6, 6.07) is 17.0. The average Bonchev–Trinajstić information content (AvgIpc) is 3.52. The third kappa shape index (κ3) is 10.5. The Morgan fingerprint density at radius 3 is 2.30 bits per heavy atom. The van der Waals surface area contributed by atoms with E-state index in [0.717, 1.165) is 88.4 Å². The van der Waals surface area contributed by atoms with Gasteiger partial charge in [0.25, 0.3) is 0 Å². The molecule has 0 spiro atoms. The molecule has 2 aromatic carbocycles. The molecular formula is C33H44ClN5O2S2. The minimum atomic E-state index is 0.321. The molecule has 0 bridgehead atoms. The summed E-state index contributed by atoms with van der Waals surface area (Å²) in [6.45, 7) is 7.70. The number of nitrogens with zero attached hydrogens (tertiary/aromatic N) is 4. The van der Waals surface area contributed by atoms with Crippen LogP contribution in [-0.4, -0.2) is 77.4 Å². The van der Waals surface area contributed by atoms with Crippen LogP contribution in [0.2, 0.25) is 5.02 Å². The SMILES string of the molecule is Clc1ccc(-c2cnc(CN3CCN(Sc4ccc(OCC5CCCCC5)cc4)CC3)s2)cc1.NC1CCN(C=O)CC1. The zero-order chi connectivity index (χ0) is 29.9. The predicted molar refractivity (Wildman–Crippen MR) is 179 cm³/mol. The largest absolute Gasteiger partial charge is 0.493 e. The summed E-state index contributed by atoms with van der Waals surface area (Å²) in [5.41, 5.74) is 6.79. The van der Waals surface area contributed by atoms with Gasteiger partial charge in [-0.2, -0.15) is 0 Å². The van der Waals surface area contributed by atoms with Gasteiger partial charge >= 0.3 is 0 Å². The Hall–Kier alpha value is -2.14. The number of carbonyl (C=O) groups excluding carboxylic acids is 1. The zero-order valence-corrected chi connectivity index (χ0v) is 27.3. The minimum Gasteiger partial charge on any atom is -0.493 e. The second-order valence-corrected chi connectivity index (χ2v) is 14.4. The number of piperidine rings is 1. The van der Waals surface area contributed by atoms with Crippen LogP contribution in [0.5, 0.6) is 5.75 Å². The highest BCUT2D eigenvalue weighted by Gasteiger charge is 2.20. The van der Waals surface area contributed by atoms with Crippen LogP contribution in [0.3, 0.4) is 0 Å². The highest BCUT2D eigenvalue weighted by molar-refractivity contribution is 7.97. The summed E-state index contributed by atoms with van der Waals surface area (Å²) in [6.07, 6.45) is 11.6. The number of benzene rings is 2. The molecule has 3 fully saturated rings. The van der Waals surface area contributed by atoms with Crippen molar-refractivity contribution in [2.45, 2.75) is 62.4 Å². The summed E-state index contributed by atoms with van der Waals surface area (Å²) in [4.78, 5) is 21.6. The molecule has 232 valence electrons. The molecule has 1 aliphatic carbocycles. The molecule has 2 N–H and O–H groups in total. The molecule has 7 nitrogen and oxygen atoms in total. The molecule has 3 aliphatic rings. The summed E-state index contributed by atoms with van der Waals surface area (Å²) in [7, 11) is 0. The van der Waals surface area contributed by atoms with E-state index in [0.29, 0.717) is 6.04 Å². The van der Waals surface area contributed by atoms with Gasteiger partial charge in [-0.25, -0.2) is 9.29 Å². The molecule has 43 heavy (non-hydrogen) atoms. The van der Waals surface area contributed by atoms with Crippen LogP contribution < -0.4 is 10.5 Å². The van der Waals surface area contributed by atoms with Crippen molar-refractivity contribution in [1.82, 2.24) is 19.1 Å². The van der Waals surface area contributed by atoms with Crippen LogP contribution in [-0.2, 0) is 11.3 Å². The molecule has 2 aliphatic heterocycles. The Morgan fingerprint density at radius 2 is 1.63 bits per heavy atom. The lowest BCUT2D eigenvalue weighted by Gasteiger charge is -2.33. The van der Waals surface area contributed by atoms with Gasteiger partial charge in [0.15, 0.2) is 0 Å². The molecule has 0 radical (unpaired) electrons. The number of aromatic nitrogens is 1. The number of likely N-dealkylation sites (tertiary alicyclic amines) is 1. The van der Waals surface area contributed by atoms with E-state index in [4.69, 9.17) is 22.1 Å². The summed E-state index contributed by atoms with van der Waals surface area (Å²) < 4.78 is 8.52. The Bertz CT molecular complexity index is 1240. The van der Waals surface area contributed by atoms with Gasteiger partial charge in [0, 0.05) is 61.4 Å². The number of hydrogen-bond acceptors (Lipinski definition) is 8. The molecule has 3 aromatic rings. The second-order valence-electron chi connectivity index (χ2n) is 11.7. The smallest absolute Gasteiger partial charge is 0.209 e. The van der Waals surface area contributed by atoms with Crippen LogP contribution >= 0.6 is 34.9 Å². The van der Waals surface area contributed by atoms with Crippen LogP contribution in [0, 0.1) is 5.92 Å². The van der Waals surface area contributed by atoms with Crippen molar-refractivity contribution >= 4 is 41.3 Å². The third-order valence-electron chi connectivity index (χ3n) is 8.36. The highest BCUT2D eigenvalue weighted by Crippen LogP contribution is 2.30. The third-order valence-corrected chi connectivity index (χ3v) is 10.8. The van der Waals surface area contributed by atoms with Crippen LogP contribution in [0.1, 0.15) is 50.0 Å². The minimum absolute atomic E-state index is 0.321. The maximum atomic E-state index is 10.2. The first kappa shape index (κ1) is 32.3. The Balaban J connectivity index is 0.000000351. The fourth-order valence-electron chi connectivity index (χ4n) is 5.64. The number of thiazole rings is 1. The monoisotopic (exact) mass is 641 g/mol. The van der Waals surface area contributed by atoms with E-state index in [2.05, 4.69) is 50.6 Å². The summed E-state index contributed by atoms with van der Waals surface area (Å²) >= 11 is 9.65. The molecule has 0 unspecified atom stereocenters. The number of amides is 1. The predicted octanol–water partition coefficient (Wildman–Crippen LogP) is 6.81. The molecule has 10 heteroatoms. The fraction of sp³-hybridized carbons (Fsp3) is 0.515. The number of rotatable bonds is 9. The van der Waals surface area contributed by atoms with Crippen molar-refractivity contribution in [3.63, 3.8) is 0 Å². The van der Waals surface area contributed by atoms with Gasteiger partial charge in [0.05, 0.1) is 18.0 Å². The van der Waals surface area contributed by atoms with Crippen molar-refractivity contribution < 1.29 is 9.53 Å². The van der Waals surface area contributed by atoms with E-state index in [1.54, 1.807) is 16.2 Å². The Morgan fingerprint density at radius 1 is 0.930 bits per heavy atom. The summed E-state index contributed by atoms with van der Waals surface area (Å²) in [5, 5.41) is 1.94. The van der Waals surface area contributed by atoms with Crippen molar-refractivity contribution in [1.29, 1.82) is 0 Å². The van der Waals surface area contributed by atoms with Gasteiger partial charge in [0.2, 0.25) is 6.41 Å². The topological polar surface area (TPSA) is 74.9 Å². The van der Waals surface area contributed by atoms with E-state index in [-0.39, 0.29) is 0 Å². The Kier molecular flexibility index (Phi) is 12.6. The Labute approximate surface area is 269 Å². The molecule has 6 rings (SSSR count). The van der Waals surface area contributed by atoms with Crippen molar-refractivity contribution in [2.75, 3.05) is 45.9 Å². The molecule has 0 atom stereocenters. The fourth-order valence-corrected chi connectivity index (χ4v) is 7.63. The van der Waals surface area contributed by atoms with Gasteiger partial charge in [0.1, 0.15) is 10.8 Å².